The van der Waals surface area contributed by atoms with Crippen molar-refractivity contribution in [2.45, 2.75) is 13.3 Å². The largest absolute Gasteiger partial charge is 0.478 e. The van der Waals surface area contributed by atoms with Crippen LogP contribution in [-0.2, 0) is 6.42 Å². The molecule has 19 heavy (non-hydrogen) atoms. The second kappa shape index (κ2) is 6.75. The van der Waals surface area contributed by atoms with Crippen molar-refractivity contribution in [3.63, 3.8) is 0 Å². The lowest BCUT2D eigenvalue weighted by Crippen LogP contribution is -1.96. The maximum atomic E-state index is 8.85. The average Bonchev–Trinajstić information content (AvgIpc) is 2.42. The Hall–Kier alpha value is -2.07. The average molecular weight is 259 g/mol. The minimum atomic E-state index is 0.151. The topological polar surface area (TPSA) is 51.6 Å². The highest BCUT2D eigenvalue weighted by Gasteiger charge is 2.01. The summed E-state index contributed by atoms with van der Waals surface area (Å²) >= 11 is 0. The van der Waals surface area contributed by atoms with Gasteiger partial charge in [0.2, 0.25) is 11.8 Å². The number of aliphatic hydroxyl groups excluding tert-OH is 1. The number of nitrogens with zero attached hydrogens (tertiary/aromatic N) is 1. The summed E-state index contributed by atoms with van der Waals surface area (Å²) in [4.78, 5) is 4.23. The molecule has 0 atom stereocenters. The van der Waals surface area contributed by atoms with Gasteiger partial charge in [-0.15, -0.1) is 0 Å². The van der Waals surface area contributed by atoms with Crippen LogP contribution < -0.4 is 9.47 Å². The zero-order valence-electron chi connectivity index (χ0n) is 10.9. The molecule has 100 valence electrons. The highest BCUT2D eigenvalue weighted by atomic mass is 16.5. The highest BCUT2D eigenvalue weighted by molar-refractivity contribution is 5.31. The van der Waals surface area contributed by atoms with Crippen molar-refractivity contribution in [1.29, 1.82) is 0 Å². The number of rotatable bonds is 6. The third-order valence-corrected chi connectivity index (χ3v) is 2.54. The van der Waals surface area contributed by atoms with E-state index in [9.17, 15) is 0 Å². The molecular formula is C15H17NO3. The Morgan fingerprint density at radius 2 is 1.79 bits per heavy atom. The lowest BCUT2D eigenvalue weighted by atomic mass is 10.1. The highest BCUT2D eigenvalue weighted by Crippen LogP contribution is 2.21. The molecule has 0 saturated heterocycles. The van der Waals surface area contributed by atoms with E-state index >= 15 is 0 Å². The van der Waals surface area contributed by atoms with E-state index in [1.165, 1.54) is 0 Å². The molecule has 0 radical (unpaired) electrons. The summed E-state index contributed by atoms with van der Waals surface area (Å²) in [5.41, 5.74) is 1.07. The summed E-state index contributed by atoms with van der Waals surface area (Å²) in [6.45, 7) is 2.64. The molecule has 0 amide bonds. The van der Waals surface area contributed by atoms with E-state index in [4.69, 9.17) is 14.6 Å². The first-order valence-corrected chi connectivity index (χ1v) is 6.29. The van der Waals surface area contributed by atoms with Gasteiger partial charge in [-0.3, -0.25) is 0 Å². The van der Waals surface area contributed by atoms with E-state index in [0.29, 0.717) is 30.5 Å². The second-order valence-electron chi connectivity index (χ2n) is 3.97. The van der Waals surface area contributed by atoms with Crippen LogP contribution in [0.4, 0.5) is 0 Å². The van der Waals surface area contributed by atoms with Crippen LogP contribution in [0.2, 0.25) is 0 Å². The van der Waals surface area contributed by atoms with Gasteiger partial charge in [0, 0.05) is 18.7 Å². The van der Waals surface area contributed by atoms with Crippen molar-refractivity contribution < 1.29 is 14.6 Å². The minimum absolute atomic E-state index is 0.151. The first-order valence-electron chi connectivity index (χ1n) is 6.29. The molecule has 1 N–H and O–H groups in total. The predicted octanol–water partition coefficient (Wildman–Crippen LogP) is 2.81. The van der Waals surface area contributed by atoms with E-state index < -0.39 is 0 Å². The van der Waals surface area contributed by atoms with E-state index in [0.717, 1.165) is 5.56 Å². The number of hydrogen-bond donors (Lipinski definition) is 1. The van der Waals surface area contributed by atoms with Crippen LogP contribution in [-0.4, -0.2) is 23.3 Å². The molecule has 4 nitrogen and oxygen atoms in total. The van der Waals surface area contributed by atoms with Gasteiger partial charge in [-0.1, -0.05) is 18.2 Å². The van der Waals surface area contributed by atoms with Crippen LogP contribution in [0.1, 0.15) is 12.5 Å². The van der Waals surface area contributed by atoms with Crippen molar-refractivity contribution in [2.24, 2.45) is 0 Å². The zero-order valence-corrected chi connectivity index (χ0v) is 10.9. The molecule has 2 rings (SSSR count). The summed E-state index contributed by atoms with van der Waals surface area (Å²) in [6.07, 6.45) is 0.651. The predicted molar refractivity (Wildman–Crippen MR) is 72.7 cm³/mol. The van der Waals surface area contributed by atoms with Gasteiger partial charge in [0.15, 0.2) is 0 Å². The van der Waals surface area contributed by atoms with Gasteiger partial charge < -0.3 is 14.6 Å². The summed E-state index contributed by atoms with van der Waals surface area (Å²) in [7, 11) is 0. The number of hydrogen-bond acceptors (Lipinski definition) is 4. The third kappa shape index (κ3) is 3.96. The third-order valence-electron chi connectivity index (χ3n) is 2.54. The van der Waals surface area contributed by atoms with Crippen molar-refractivity contribution in [3.05, 3.63) is 48.0 Å². The number of aromatic nitrogens is 1. The number of aliphatic hydroxyl groups is 1. The standard InChI is InChI=1S/C15H17NO3/c1-2-18-14-4-3-5-15(16-14)19-13-8-6-12(7-9-13)10-11-17/h3-9,17H,2,10-11H2,1H3. The van der Waals surface area contributed by atoms with E-state index in [1.54, 1.807) is 12.1 Å². The summed E-state index contributed by atoms with van der Waals surface area (Å²) in [5.74, 6) is 1.76. The maximum absolute atomic E-state index is 8.85. The van der Waals surface area contributed by atoms with Crippen LogP contribution in [0, 0.1) is 0 Å². The molecule has 4 heteroatoms. The van der Waals surface area contributed by atoms with Crippen molar-refractivity contribution in [3.8, 4) is 17.5 Å². The normalized spacial score (nSPS) is 10.2. The van der Waals surface area contributed by atoms with Crippen molar-refractivity contribution >= 4 is 0 Å². The molecule has 1 aromatic heterocycles. The summed E-state index contributed by atoms with van der Waals surface area (Å²) in [6, 6.07) is 13.0. The van der Waals surface area contributed by atoms with E-state index in [-0.39, 0.29) is 6.61 Å². The fraction of sp³-hybridized carbons (Fsp3) is 0.267. The molecule has 1 aromatic carbocycles. The van der Waals surface area contributed by atoms with E-state index in [2.05, 4.69) is 4.98 Å². The van der Waals surface area contributed by atoms with Crippen molar-refractivity contribution in [2.75, 3.05) is 13.2 Å². The van der Waals surface area contributed by atoms with Crippen LogP contribution in [0.15, 0.2) is 42.5 Å². The van der Waals surface area contributed by atoms with Gasteiger partial charge in [0.25, 0.3) is 0 Å². The lowest BCUT2D eigenvalue weighted by Gasteiger charge is -2.07. The molecule has 0 aliphatic heterocycles. The quantitative estimate of drug-likeness (QED) is 0.866. The molecule has 0 unspecified atom stereocenters. The first kappa shape index (κ1) is 13.4. The monoisotopic (exact) mass is 259 g/mol. The van der Waals surface area contributed by atoms with E-state index in [1.807, 2.05) is 37.3 Å². The number of pyridine rings is 1. The molecule has 0 spiro atoms. The second-order valence-corrected chi connectivity index (χ2v) is 3.97. The number of benzene rings is 1. The Morgan fingerprint density at radius 1 is 1.05 bits per heavy atom. The number of ether oxygens (including phenoxy) is 2. The smallest absolute Gasteiger partial charge is 0.222 e. The van der Waals surface area contributed by atoms with Crippen LogP contribution >= 0.6 is 0 Å². The Balaban J connectivity index is 2.05. The Bertz CT molecular complexity index is 511. The van der Waals surface area contributed by atoms with Gasteiger partial charge in [-0.25, -0.2) is 0 Å². The van der Waals surface area contributed by atoms with Crippen LogP contribution in [0.25, 0.3) is 0 Å². The zero-order chi connectivity index (χ0) is 13.5. The molecule has 0 aliphatic carbocycles. The Labute approximate surface area is 112 Å². The van der Waals surface area contributed by atoms with Crippen LogP contribution in [0.3, 0.4) is 0 Å². The first-order chi connectivity index (χ1) is 9.31. The molecule has 0 bridgehead atoms. The maximum Gasteiger partial charge on any atom is 0.222 e. The van der Waals surface area contributed by atoms with Gasteiger partial charge >= 0.3 is 0 Å². The summed E-state index contributed by atoms with van der Waals surface area (Å²) < 4.78 is 11.0. The SMILES string of the molecule is CCOc1cccc(Oc2ccc(CCO)cc2)n1. The Morgan fingerprint density at radius 3 is 2.47 bits per heavy atom. The lowest BCUT2D eigenvalue weighted by molar-refractivity contribution is 0.299. The van der Waals surface area contributed by atoms with Gasteiger partial charge in [0.05, 0.1) is 6.61 Å². The fourth-order valence-electron chi connectivity index (χ4n) is 1.66. The molecule has 0 fully saturated rings. The van der Waals surface area contributed by atoms with Crippen LogP contribution in [0.5, 0.6) is 17.5 Å². The molecule has 0 aliphatic rings. The fourth-order valence-corrected chi connectivity index (χ4v) is 1.66. The molecular weight excluding hydrogens is 242 g/mol. The summed E-state index contributed by atoms with van der Waals surface area (Å²) in [5, 5.41) is 8.85. The molecule has 2 aromatic rings. The van der Waals surface area contributed by atoms with Gasteiger partial charge in [0.1, 0.15) is 5.75 Å². The van der Waals surface area contributed by atoms with Gasteiger partial charge in [-0.2, -0.15) is 4.98 Å². The van der Waals surface area contributed by atoms with Gasteiger partial charge in [-0.05, 0) is 31.0 Å². The Kier molecular flexibility index (Phi) is 4.75. The minimum Gasteiger partial charge on any atom is -0.478 e. The molecule has 0 saturated carbocycles. The van der Waals surface area contributed by atoms with Crippen molar-refractivity contribution in [1.82, 2.24) is 4.98 Å². The molecule has 1 heterocycles.